The van der Waals surface area contributed by atoms with Crippen LogP contribution in [0.5, 0.6) is 0 Å². The van der Waals surface area contributed by atoms with Crippen LogP contribution in [-0.2, 0) is 0 Å². The molecule has 2 aromatic rings. The first kappa shape index (κ1) is 10.8. The molecule has 0 fully saturated rings. The van der Waals surface area contributed by atoms with E-state index in [0.717, 1.165) is 18.2 Å². The van der Waals surface area contributed by atoms with Gasteiger partial charge in [-0.15, -0.1) is 0 Å². The summed E-state index contributed by atoms with van der Waals surface area (Å²) in [4.78, 5) is 0. The van der Waals surface area contributed by atoms with Gasteiger partial charge in [0.1, 0.15) is 11.6 Å². The van der Waals surface area contributed by atoms with Gasteiger partial charge < -0.3 is 0 Å². The molecule has 0 unspecified atom stereocenters. The Hall–Kier alpha value is -1.71. The van der Waals surface area contributed by atoms with Crippen LogP contribution in [0.2, 0.25) is 0 Å². The number of nitrogens with zero attached hydrogens (tertiary/aromatic N) is 2. The van der Waals surface area contributed by atoms with Crippen molar-refractivity contribution in [2.24, 2.45) is 0 Å². The molecule has 0 aliphatic heterocycles. The first-order chi connectivity index (χ1) is 7.58. The summed E-state index contributed by atoms with van der Waals surface area (Å²) in [6.07, 6.45) is 1.75. The molecule has 0 aliphatic carbocycles. The smallest absolute Gasteiger partial charge is 0.132 e. The number of benzene rings is 1. The minimum absolute atomic E-state index is 0.194. The molecule has 16 heavy (non-hydrogen) atoms. The van der Waals surface area contributed by atoms with Crippen LogP contribution in [0.25, 0.3) is 11.3 Å². The third kappa shape index (κ3) is 1.96. The van der Waals surface area contributed by atoms with Crippen LogP contribution < -0.4 is 0 Å². The molecular weight excluding hydrogens is 210 g/mol. The molecule has 0 aliphatic rings. The van der Waals surface area contributed by atoms with Crippen molar-refractivity contribution in [2.75, 3.05) is 0 Å². The van der Waals surface area contributed by atoms with Crippen molar-refractivity contribution in [3.8, 4) is 11.3 Å². The van der Waals surface area contributed by atoms with Crippen molar-refractivity contribution in [1.82, 2.24) is 9.78 Å². The van der Waals surface area contributed by atoms with E-state index in [1.165, 1.54) is 0 Å². The highest BCUT2D eigenvalue weighted by atomic mass is 19.1. The molecule has 0 atom stereocenters. The topological polar surface area (TPSA) is 17.8 Å². The van der Waals surface area contributed by atoms with E-state index in [9.17, 15) is 8.78 Å². The van der Waals surface area contributed by atoms with Gasteiger partial charge in [0, 0.05) is 17.8 Å². The minimum Gasteiger partial charge on any atom is -0.270 e. The average Bonchev–Trinajstić information content (AvgIpc) is 2.70. The second-order valence-electron chi connectivity index (χ2n) is 3.90. The lowest BCUT2D eigenvalue weighted by atomic mass is 10.1. The Morgan fingerprint density at radius 1 is 1.19 bits per heavy atom. The molecule has 1 aromatic heterocycles. The molecule has 4 heteroatoms. The molecule has 2 rings (SSSR count). The van der Waals surface area contributed by atoms with Crippen molar-refractivity contribution < 1.29 is 8.78 Å². The van der Waals surface area contributed by atoms with E-state index in [4.69, 9.17) is 0 Å². The van der Waals surface area contributed by atoms with E-state index in [1.54, 1.807) is 16.9 Å². The normalized spacial score (nSPS) is 11.1. The monoisotopic (exact) mass is 222 g/mol. The minimum atomic E-state index is -0.463. The fourth-order valence-corrected chi connectivity index (χ4v) is 1.46. The predicted octanol–water partition coefficient (Wildman–Crippen LogP) is 3.41. The van der Waals surface area contributed by atoms with Crippen LogP contribution in [0, 0.1) is 11.6 Å². The molecule has 0 amide bonds. The third-order valence-electron chi connectivity index (χ3n) is 2.34. The highest BCUT2D eigenvalue weighted by Crippen LogP contribution is 2.22. The molecular formula is C12H12F2N2. The molecule has 0 spiro atoms. The summed E-state index contributed by atoms with van der Waals surface area (Å²) in [5.74, 6) is -0.925. The van der Waals surface area contributed by atoms with Gasteiger partial charge in [0.25, 0.3) is 0 Å². The third-order valence-corrected chi connectivity index (χ3v) is 2.34. The second-order valence-corrected chi connectivity index (χ2v) is 3.90. The van der Waals surface area contributed by atoms with Gasteiger partial charge in [-0.05, 0) is 38.1 Å². The highest BCUT2D eigenvalue weighted by Gasteiger charge is 2.10. The fourth-order valence-electron chi connectivity index (χ4n) is 1.46. The Kier molecular flexibility index (Phi) is 2.73. The molecule has 0 radical (unpaired) electrons. The Morgan fingerprint density at radius 3 is 2.56 bits per heavy atom. The summed E-state index contributed by atoms with van der Waals surface area (Å²) >= 11 is 0. The zero-order valence-electron chi connectivity index (χ0n) is 9.11. The SMILES string of the molecule is CC(C)n1ccc(-c2cc(F)ccc2F)n1. The highest BCUT2D eigenvalue weighted by molar-refractivity contribution is 5.59. The Balaban J connectivity index is 2.46. The second kappa shape index (κ2) is 4.04. The standard InChI is InChI=1S/C12H12F2N2/c1-8(2)16-6-5-12(15-16)10-7-9(13)3-4-11(10)14/h3-8H,1-2H3. The van der Waals surface area contributed by atoms with E-state index >= 15 is 0 Å². The molecule has 0 N–H and O–H groups in total. The number of hydrogen-bond acceptors (Lipinski definition) is 1. The summed E-state index contributed by atoms with van der Waals surface area (Å²) in [7, 11) is 0. The zero-order chi connectivity index (χ0) is 11.7. The molecule has 0 bridgehead atoms. The van der Waals surface area contributed by atoms with Crippen molar-refractivity contribution in [2.45, 2.75) is 19.9 Å². The van der Waals surface area contributed by atoms with Crippen LogP contribution in [0.15, 0.2) is 30.5 Å². The van der Waals surface area contributed by atoms with Gasteiger partial charge in [-0.2, -0.15) is 5.10 Å². The Bertz CT molecular complexity index is 503. The van der Waals surface area contributed by atoms with E-state index in [0.29, 0.717) is 5.69 Å². The molecule has 0 saturated carbocycles. The van der Waals surface area contributed by atoms with Crippen molar-refractivity contribution in [1.29, 1.82) is 0 Å². The van der Waals surface area contributed by atoms with Gasteiger partial charge in [-0.25, -0.2) is 8.78 Å². The summed E-state index contributed by atoms with van der Waals surface area (Å²) in [6.45, 7) is 3.94. The summed E-state index contributed by atoms with van der Waals surface area (Å²) < 4.78 is 28.2. The summed E-state index contributed by atoms with van der Waals surface area (Å²) in [5.41, 5.74) is 0.644. The van der Waals surface area contributed by atoms with Crippen molar-refractivity contribution in [3.63, 3.8) is 0 Å². The number of rotatable bonds is 2. The van der Waals surface area contributed by atoms with E-state index in [1.807, 2.05) is 13.8 Å². The van der Waals surface area contributed by atoms with Gasteiger partial charge in [-0.3, -0.25) is 4.68 Å². The maximum absolute atomic E-state index is 13.4. The van der Waals surface area contributed by atoms with E-state index in [2.05, 4.69) is 5.10 Å². The number of hydrogen-bond donors (Lipinski definition) is 0. The fraction of sp³-hybridized carbons (Fsp3) is 0.250. The van der Waals surface area contributed by atoms with Gasteiger partial charge in [0.05, 0.1) is 5.69 Å². The first-order valence-corrected chi connectivity index (χ1v) is 5.08. The lowest BCUT2D eigenvalue weighted by Gasteiger charge is -2.04. The lowest BCUT2D eigenvalue weighted by Crippen LogP contribution is -2.01. The van der Waals surface area contributed by atoms with Crippen LogP contribution in [0.4, 0.5) is 8.78 Å². The molecule has 84 valence electrons. The van der Waals surface area contributed by atoms with Crippen LogP contribution >= 0.6 is 0 Å². The quantitative estimate of drug-likeness (QED) is 0.761. The average molecular weight is 222 g/mol. The van der Waals surface area contributed by atoms with Crippen LogP contribution in [0.1, 0.15) is 19.9 Å². The number of halogens is 2. The Morgan fingerprint density at radius 2 is 1.94 bits per heavy atom. The van der Waals surface area contributed by atoms with Crippen molar-refractivity contribution >= 4 is 0 Å². The molecule has 0 saturated heterocycles. The van der Waals surface area contributed by atoms with Crippen molar-refractivity contribution in [3.05, 3.63) is 42.1 Å². The van der Waals surface area contributed by atoms with E-state index < -0.39 is 11.6 Å². The number of aromatic nitrogens is 2. The first-order valence-electron chi connectivity index (χ1n) is 5.08. The largest absolute Gasteiger partial charge is 0.270 e. The molecule has 1 aromatic carbocycles. The maximum atomic E-state index is 13.4. The van der Waals surface area contributed by atoms with Gasteiger partial charge in [0.2, 0.25) is 0 Å². The van der Waals surface area contributed by atoms with Gasteiger partial charge >= 0.3 is 0 Å². The maximum Gasteiger partial charge on any atom is 0.132 e. The molecule has 1 heterocycles. The van der Waals surface area contributed by atoms with E-state index in [-0.39, 0.29) is 11.6 Å². The summed E-state index contributed by atoms with van der Waals surface area (Å²) in [6, 6.07) is 5.24. The van der Waals surface area contributed by atoms with Crippen LogP contribution in [-0.4, -0.2) is 9.78 Å². The lowest BCUT2D eigenvalue weighted by molar-refractivity contribution is 0.533. The van der Waals surface area contributed by atoms with Gasteiger partial charge in [0.15, 0.2) is 0 Å². The molecule has 2 nitrogen and oxygen atoms in total. The zero-order valence-corrected chi connectivity index (χ0v) is 9.11. The predicted molar refractivity (Wildman–Crippen MR) is 58.0 cm³/mol. The Labute approximate surface area is 92.5 Å². The van der Waals surface area contributed by atoms with Gasteiger partial charge in [-0.1, -0.05) is 0 Å². The summed E-state index contributed by atoms with van der Waals surface area (Å²) in [5, 5.41) is 4.19. The van der Waals surface area contributed by atoms with Crippen LogP contribution in [0.3, 0.4) is 0 Å².